The number of carbonyl (C=O) groups excluding carboxylic acids is 1. The van der Waals surface area contributed by atoms with Gasteiger partial charge in [-0.1, -0.05) is 0 Å². The summed E-state index contributed by atoms with van der Waals surface area (Å²) in [5.74, 6) is -0.993. The third-order valence-corrected chi connectivity index (χ3v) is 0.691. The van der Waals surface area contributed by atoms with Crippen LogP contribution in [-0.4, -0.2) is 16.9 Å². The fourth-order valence-electron chi connectivity index (χ4n) is 0.283. The van der Waals surface area contributed by atoms with E-state index in [1.165, 1.54) is 6.92 Å². The minimum absolute atomic E-state index is 0. The van der Waals surface area contributed by atoms with E-state index in [0.29, 0.717) is 0 Å². The molecular formula is C5H9LiO3. The van der Waals surface area contributed by atoms with Gasteiger partial charge in [-0.25, -0.2) is 0 Å². The molecule has 0 amide bonds. The summed E-state index contributed by atoms with van der Waals surface area (Å²) in [7, 11) is 0. The summed E-state index contributed by atoms with van der Waals surface area (Å²) in [5.41, 5.74) is 0. The SMILES string of the molecule is CC(=O)CCC(=O)O.[H-].[Li+]. The third-order valence-electron chi connectivity index (χ3n) is 0.691. The zero-order valence-electron chi connectivity index (χ0n) is 6.68. The van der Waals surface area contributed by atoms with E-state index in [1.54, 1.807) is 0 Å². The van der Waals surface area contributed by atoms with Gasteiger partial charge in [0.2, 0.25) is 0 Å². The summed E-state index contributed by atoms with van der Waals surface area (Å²) in [6, 6.07) is 0. The van der Waals surface area contributed by atoms with Crippen molar-refractivity contribution in [2.24, 2.45) is 0 Å². The van der Waals surface area contributed by atoms with E-state index in [1.807, 2.05) is 0 Å². The standard InChI is InChI=1S/C5H8O3.Li.H/c1-4(6)2-3-5(7)8;;/h2-3H2,1H3,(H,7,8);;/q;+1;-1. The van der Waals surface area contributed by atoms with E-state index >= 15 is 0 Å². The maximum absolute atomic E-state index is 10.1. The Bertz CT molecular complexity index is 101. The van der Waals surface area contributed by atoms with Crippen LogP contribution in [0, 0.1) is 0 Å². The average molecular weight is 124 g/mol. The molecule has 9 heavy (non-hydrogen) atoms. The van der Waals surface area contributed by atoms with Crippen molar-refractivity contribution in [1.82, 2.24) is 0 Å². The molecule has 0 atom stereocenters. The number of carboxylic acids is 1. The Balaban J connectivity index is -0.000000245. The third kappa shape index (κ3) is 11.3. The smallest absolute Gasteiger partial charge is 1.00 e. The van der Waals surface area contributed by atoms with E-state index in [4.69, 9.17) is 5.11 Å². The average Bonchev–Trinajstić information content (AvgIpc) is 1.61. The number of ketones is 1. The zero-order valence-corrected chi connectivity index (χ0v) is 5.68. The predicted molar refractivity (Wildman–Crippen MR) is 28.7 cm³/mol. The van der Waals surface area contributed by atoms with Crippen LogP contribution in [0.1, 0.15) is 21.2 Å². The Morgan fingerprint density at radius 2 is 1.89 bits per heavy atom. The zero-order chi connectivity index (χ0) is 6.57. The molecule has 0 aliphatic rings. The largest absolute Gasteiger partial charge is 1.00 e. The van der Waals surface area contributed by atoms with Crippen LogP contribution in [0.5, 0.6) is 0 Å². The maximum Gasteiger partial charge on any atom is 1.00 e. The van der Waals surface area contributed by atoms with E-state index < -0.39 is 5.97 Å². The fraction of sp³-hybridized carbons (Fsp3) is 0.600. The van der Waals surface area contributed by atoms with Gasteiger partial charge in [-0.05, 0) is 6.92 Å². The van der Waals surface area contributed by atoms with Crippen molar-refractivity contribution < 1.29 is 35.0 Å². The van der Waals surface area contributed by atoms with Crippen LogP contribution >= 0.6 is 0 Å². The summed E-state index contributed by atoms with van der Waals surface area (Å²) < 4.78 is 0. The first-order chi connectivity index (χ1) is 3.63. The summed E-state index contributed by atoms with van der Waals surface area (Å²) >= 11 is 0. The molecule has 3 nitrogen and oxygen atoms in total. The predicted octanol–water partition coefficient (Wildman–Crippen LogP) is -2.44. The molecule has 0 aliphatic carbocycles. The normalized spacial score (nSPS) is 7.67. The number of hydrogen-bond donors (Lipinski definition) is 1. The Kier molecular flexibility index (Phi) is 7.51. The molecule has 0 heterocycles. The van der Waals surface area contributed by atoms with Crippen molar-refractivity contribution in [1.29, 1.82) is 0 Å². The molecule has 48 valence electrons. The molecule has 0 radical (unpaired) electrons. The van der Waals surface area contributed by atoms with Crippen LogP contribution in [0.2, 0.25) is 0 Å². The van der Waals surface area contributed by atoms with Crippen LogP contribution in [0.25, 0.3) is 0 Å². The van der Waals surface area contributed by atoms with E-state index in [9.17, 15) is 9.59 Å². The molecule has 0 bridgehead atoms. The van der Waals surface area contributed by atoms with Gasteiger partial charge in [-0.2, -0.15) is 0 Å². The topological polar surface area (TPSA) is 54.4 Å². The molecule has 0 spiro atoms. The summed E-state index contributed by atoms with van der Waals surface area (Å²) in [6.45, 7) is 1.38. The Morgan fingerprint density at radius 3 is 2.00 bits per heavy atom. The molecule has 0 aliphatic heterocycles. The Hall–Kier alpha value is -0.263. The number of aliphatic carboxylic acids is 1. The first-order valence-corrected chi connectivity index (χ1v) is 2.34. The molecular weight excluding hydrogens is 115 g/mol. The van der Waals surface area contributed by atoms with Gasteiger partial charge in [0.25, 0.3) is 0 Å². The van der Waals surface area contributed by atoms with Gasteiger partial charge in [0.05, 0.1) is 6.42 Å². The maximum atomic E-state index is 10.1. The summed E-state index contributed by atoms with van der Waals surface area (Å²) in [6.07, 6.45) is 0.102. The van der Waals surface area contributed by atoms with Crippen molar-refractivity contribution in [3.8, 4) is 0 Å². The number of hydrogen-bond acceptors (Lipinski definition) is 2. The van der Waals surface area contributed by atoms with Gasteiger partial charge in [0, 0.05) is 6.42 Å². The molecule has 1 N–H and O–H groups in total. The second kappa shape index (κ2) is 5.87. The number of carbonyl (C=O) groups is 2. The molecule has 0 aromatic rings. The molecule has 0 rings (SSSR count). The second-order valence-electron chi connectivity index (χ2n) is 1.60. The van der Waals surface area contributed by atoms with Crippen LogP contribution in [0.3, 0.4) is 0 Å². The van der Waals surface area contributed by atoms with Gasteiger partial charge in [0.1, 0.15) is 5.78 Å². The first-order valence-electron chi connectivity index (χ1n) is 2.34. The molecule has 0 aromatic heterocycles. The number of carboxylic acid groups (broad SMARTS) is 1. The van der Waals surface area contributed by atoms with E-state index in [-0.39, 0.29) is 38.9 Å². The molecule has 4 heteroatoms. The van der Waals surface area contributed by atoms with Crippen molar-refractivity contribution >= 4 is 11.8 Å². The van der Waals surface area contributed by atoms with Crippen LogP contribution in [0.15, 0.2) is 0 Å². The monoisotopic (exact) mass is 124 g/mol. The van der Waals surface area contributed by atoms with Crippen molar-refractivity contribution in [2.45, 2.75) is 19.8 Å². The van der Waals surface area contributed by atoms with Crippen LogP contribution in [-0.2, 0) is 9.59 Å². The molecule has 0 saturated carbocycles. The van der Waals surface area contributed by atoms with Gasteiger partial charge >= 0.3 is 24.8 Å². The quantitative estimate of drug-likeness (QED) is 0.425. The van der Waals surface area contributed by atoms with Crippen molar-refractivity contribution in [3.05, 3.63) is 0 Å². The molecule has 0 saturated heterocycles. The van der Waals surface area contributed by atoms with Crippen LogP contribution < -0.4 is 18.9 Å². The van der Waals surface area contributed by atoms with Crippen molar-refractivity contribution in [3.63, 3.8) is 0 Å². The van der Waals surface area contributed by atoms with Gasteiger partial charge in [0.15, 0.2) is 0 Å². The summed E-state index contributed by atoms with van der Waals surface area (Å²) in [5, 5.41) is 8.01. The molecule has 0 fully saturated rings. The van der Waals surface area contributed by atoms with Gasteiger partial charge < -0.3 is 11.3 Å². The van der Waals surface area contributed by atoms with Gasteiger partial charge in [-0.3, -0.25) is 4.79 Å². The fourth-order valence-corrected chi connectivity index (χ4v) is 0.283. The van der Waals surface area contributed by atoms with E-state index in [0.717, 1.165) is 0 Å². The molecule has 0 unspecified atom stereocenters. The van der Waals surface area contributed by atoms with E-state index in [2.05, 4.69) is 0 Å². The Morgan fingerprint density at radius 1 is 1.44 bits per heavy atom. The molecule has 0 aromatic carbocycles. The number of Topliss-reactive ketones (excluding diaryl/α,β-unsaturated/α-hetero) is 1. The number of rotatable bonds is 3. The minimum atomic E-state index is -0.916. The van der Waals surface area contributed by atoms with Crippen molar-refractivity contribution in [2.75, 3.05) is 0 Å². The first kappa shape index (κ1) is 11.5. The minimum Gasteiger partial charge on any atom is -1.00 e. The summed E-state index contributed by atoms with van der Waals surface area (Å²) in [4.78, 5) is 19.8. The van der Waals surface area contributed by atoms with Crippen LogP contribution in [0.4, 0.5) is 0 Å². The Labute approximate surface area is 67.1 Å². The van der Waals surface area contributed by atoms with Gasteiger partial charge in [-0.15, -0.1) is 0 Å². The second-order valence-corrected chi connectivity index (χ2v) is 1.60.